The molecular weight excluding hydrogens is 347 g/mol. The number of halogens is 4. The Kier molecular flexibility index (Phi) is 5.05. The third kappa shape index (κ3) is 3.85. The van der Waals surface area contributed by atoms with Crippen LogP contribution in [0.4, 0.5) is 13.2 Å². The molecule has 1 N–H and O–H groups in total. The third-order valence-corrected chi connectivity index (χ3v) is 3.80. The number of aromatic nitrogens is 2. The summed E-state index contributed by atoms with van der Waals surface area (Å²) in [5.41, 5.74) is 0.219. The predicted molar refractivity (Wildman–Crippen MR) is 77.9 cm³/mol. The Hall–Kier alpha value is -1.34. The van der Waals surface area contributed by atoms with Gasteiger partial charge in [-0.3, -0.25) is 4.68 Å². The minimum Gasteiger partial charge on any atom is -0.313 e. The summed E-state index contributed by atoms with van der Waals surface area (Å²) in [6.45, 7) is 2.68. The molecule has 0 spiro atoms. The van der Waals surface area contributed by atoms with E-state index >= 15 is 0 Å². The molecule has 0 aliphatic carbocycles. The molecule has 0 radical (unpaired) electrons. The van der Waals surface area contributed by atoms with Gasteiger partial charge in [-0.1, -0.05) is 41.1 Å². The molecular formula is C14H15BrF3N3. The van der Waals surface area contributed by atoms with Gasteiger partial charge in [0.05, 0.1) is 12.7 Å². The van der Waals surface area contributed by atoms with Gasteiger partial charge in [0.2, 0.25) is 0 Å². The SMILES string of the molecule is CCNCc1cnn(Cc2ccccc2Br)c1C(F)(F)F. The summed E-state index contributed by atoms with van der Waals surface area (Å²) >= 11 is 3.34. The van der Waals surface area contributed by atoms with Crippen molar-refractivity contribution in [2.24, 2.45) is 0 Å². The van der Waals surface area contributed by atoms with Crippen molar-refractivity contribution < 1.29 is 13.2 Å². The van der Waals surface area contributed by atoms with Crippen LogP contribution in [0.25, 0.3) is 0 Å². The Morgan fingerprint density at radius 1 is 1.24 bits per heavy atom. The Morgan fingerprint density at radius 3 is 2.57 bits per heavy atom. The summed E-state index contributed by atoms with van der Waals surface area (Å²) in [6, 6.07) is 7.18. The van der Waals surface area contributed by atoms with Crippen molar-refractivity contribution in [3.05, 3.63) is 51.8 Å². The van der Waals surface area contributed by atoms with Crippen molar-refractivity contribution in [3.63, 3.8) is 0 Å². The van der Waals surface area contributed by atoms with Crippen molar-refractivity contribution in [2.45, 2.75) is 26.2 Å². The maximum Gasteiger partial charge on any atom is 0.433 e. The highest BCUT2D eigenvalue weighted by atomic mass is 79.9. The number of benzene rings is 1. The van der Waals surface area contributed by atoms with Gasteiger partial charge in [-0.05, 0) is 18.2 Å². The van der Waals surface area contributed by atoms with E-state index in [0.29, 0.717) is 6.54 Å². The molecule has 1 aromatic carbocycles. The molecule has 0 fully saturated rings. The fourth-order valence-corrected chi connectivity index (χ4v) is 2.46. The molecule has 0 saturated carbocycles. The lowest BCUT2D eigenvalue weighted by atomic mass is 10.2. The van der Waals surface area contributed by atoms with E-state index in [0.717, 1.165) is 14.7 Å². The number of nitrogens with one attached hydrogen (secondary N) is 1. The van der Waals surface area contributed by atoms with E-state index in [2.05, 4.69) is 26.3 Å². The highest BCUT2D eigenvalue weighted by Gasteiger charge is 2.37. The maximum absolute atomic E-state index is 13.3. The molecule has 0 bridgehead atoms. The summed E-state index contributed by atoms with van der Waals surface area (Å²) in [4.78, 5) is 0. The van der Waals surface area contributed by atoms with Gasteiger partial charge in [0.25, 0.3) is 0 Å². The van der Waals surface area contributed by atoms with Crippen molar-refractivity contribution in [1.82, 2.24) is 15.1 Å². The average molecular weight is 362 g/mol. The zero-order valence-corrected chi connectivity index (χ0v) is 13.0. The van der Waals surface area contributed by atoms with Crippen molar-refractivity contribution in [1.29, 1.82) is 0 Å². The minimum atomic E-state index is -4.43. The van der Waals surface area contributed by atoms with Crippen LogP contribution in [0.15, 0.2) is 34.9 Å². The number of alkyl halides is 3. The summed E-state index contributed by atoms with van der Waals surface area (Å²) in [5.74, 6) is 0. The lowest BCUT2D eigenvalue weighted by Gasteiger charge is -2.13. The van der Waals surface area contributed by atoms with E-state index in [1.807, 2.05) is 13.0 Å². The zero-order chi connectivity index (χ0) is 15.5. The van der Waals surface area contributed by atoms with E-state index in [1.165, 1.54) is 6.20 Å². The first kappa shape index (κ1) is 16.0. The molecule has 0 aliphatic rings. The van der Waals surface area contributed by atoms with E-state index in [4.69, 9.17) is 0 Å². The van der Waals surface area contributed by atoms with E-state index in [9.17, 15) is 13.2 Å². The van der Waals surface area contributed by atoms with Crippen LogP contribution in [-0.2, 0) is 19.3 Å². The molecule has 3 nitrogen and oxygen atoms in total. The second-order valence-corrected chi connectivity index (χ2v) is 5.40. The topological polar surface area (TPSA) is 29.9 Å². The van der Waals surface area contributed by atoms with Crippen LogP contribution in [0.2, 0.25) is 0 Å². The van der Waals surface area contributed by atoms with Gasteiger partial charge >= 0.3 is 6.18 Å². The first-order chi connectivity index (χ1) is 9.93. The molecule has 2 aromatic rings. The van der Waals surface area contributed by atoms with E-state index < -0.39 is 11.9 Å². The molecule has 1 aromatic heterocycles. The molecule has 114 valence electrons. The summed E-state index contributed by atoms with van der Waals surface area (Å²) in [5, 5.41) is 6.81. The van der Waals surface area contributed by atoms with Crippen LogP contribution in [0.5, 0.6) is 0 Å². The Bertz CT molecular complexity index is 608. The molecule has 21 heavy (non-hydrogen) atoms. The molecule has 1 heterocycles. The molecule has 0 unspecified atom stereocenters. The number of hydrogen-bond acceptors (Lipinski definition) is 2. The van der Waals surface area contributed by atoms with Crippen molar-refractivity contribution >= 4 is 15.9 Å². The summed E-state index contributed by atoms with van der Waals surface area (Å²) < 4.78 is 41.6. The highest BCUT2D eigenvalue weighted by Crippen LogP contribution is 2.32. The third-order valence-electron chi connectivity index (χ3n) is 3.03. The van der Waals surface area contributed by atoms with Gasteiger partial charge < -0.3 is 5.32 Å². The lowest BCUT2D eigenvalue weighted by Crippen LogP contribution is -2.20. The van der Waals surface area contributed by atoms with Gasteiger partial charge in [0.1, 0.15) is 5.69 Å². The number of hydrogen-bond donors (Lipinski definition) is 1. The van der Waals surface area contributed by atoms with Crippen LogP contribution in [0.1, 0.15) is 23.7 Å². The summed E-state index contributed by atoms with van der Waals surface area (Å²) in [7, 11) is 0. The molecule has 2 rings (SSSR count). The molecule has 0 atom stereocenters. The second-order valence-electron chi connectivity index (χ2n) is 4.55. The monoisotopic (exact) mass is 361 g/mol. The number of rotatable bonds is 5. The zero-order valence-electron chi connectivity index (χ0n) is 11.4. The average Bonchev–Trinajstić information content (AvgIpc) is 2.82. The van der Waals surface area contributed by atoms with Gasteiger partial charge in [-0.15, -0.1) is 0 Å². The predicted octanol–water partition coefficient (Wildman–Crippen LogP) is 3.82. The first-order valence-corrected chi connectivity index (χ1v) is 7.28. The first-order valence-electron chi connectivity index (χ1n) is 6.49. The molecule has 0 saturated heterocycles. The van der Waals surface area contributed by atoms with Crippen LogP contribution in [-0.4, -0.2) is 16.3 Å². The molecule has 0 aliphatic heterocycles. The van der Waals surface area contributed by atoms with Gasteiger partial charge in [0, 0.05) is 16.6 Å². The standard InChI is InChI=1S/C14H15BrF3N3/c1-2-19-7-11-8-20-21(13(11)14(16,17)18)9-10-5-3-4-6-12(10)15/h3-6,8,19H,2,7,9H2,1H3. The van der Waals surface area contributed by atoms with Gasteiger partial charge in [-0.25, -0.2) is 0 Å². The van der Waals surface area contributed by atoms with E-state index in [-0.39, 0.29) is 18.7 Å². The lowest BCUT2D eigenvalue weighted by molar-refractivity contribution is -0.144. The normalized spacial score (nSPS) is 11.9. The van der Waals surface area contributed by atoms with Crippen LogP contribution in [0.3, 0.4) is 0 Å². The van der Waals surface area contributed by atoms with Crippen molar-refractivity contribution in [2.75, 3.05) is 6.54 Å². The fourth-order valence-electron chi connectivity index (χ4n) is 2.05. The van der Waals surface area contributed by atoms with E-state index in [1.54, 1.807) is 18.2 Å². The summed E-state index contributed by atoms with van der Waals surface area (Å²) in [6.07, 6.45) is -3.15. The van der Waals surface area contributed by atoms with Crippen LogP contribution >= 0.6 is 15.9 Å². The minimum absolute atomic E-state index is 0.0718. The van der Waals surface area contributed by atoms with Crippen LogP contribution < -0.4 is 5.32 Å². The maximum atomic E-state index is 13.3. The van der Waals surface area contributed by atoms with Crippen molar-refractivity contribution in [3.8, 4) is 0 Å². The Balaban J connectivity index is 2.35. The Labute approximate surface area is 129 Å². The fraction of sp³-hybridized carbons (Fsp3) is 0.357. The number of nitrogens with zero attached hydrogens (tertiary/aromatic N) is 2. The smallest absolute Gasteiger partial charge is 0.313 e. The van der Waals surface area contributed by atoms with Gasteiger partial charge in [-0.2, -0.15) is 18.3 Å². The largest absolute Gasteiger partial charge is 0.433 e. The van der Waals surface area contributed by atoms with Gasteiger partial charge in [0.15, 0.2) is 0 Å². The quantitative estimate of drug-likeness (QED) is 0.877. The molecule has 0 amide bonds. The Morgan fingerprint density at radius 2 is 1.95 bits per heavy atom. The highest BCUT2D eigenvalue weighted by molar-refractivity contribution is 9.10. The second kappa shape index (κ2) is 6.62. The molecule has 7 heteroatoms. The van der Waals surface area contributed by atoms with Crippen LogP contribution in [0, 0.1) is 0 Å².